The van der Waals surface area contributed by atoms with E-state index in [1.807, 2.05) is 6.07 Å². The van der Waals surface area contributed by atoms with E-state index in [1.54, 1.807) is 46.7 Å². The van der Waals surface area contributed by atoms with Crippen molar-refractivity contribution >= 4 is 29.3 Å². The molecule has 0 radical (unpaired) electrons. The Morgan fingerprint density at radius 3 is 2.53 bits per heavy atom. The average Bonchev–Trinajstić information content (AvgIpc) is 3.59. The van der Waals surface area contributed by atoms with Crippen LogP contribution in [0.15, 0.2) is 54.9 Å². The number of hydrogen-bond acceptors (Lipinski definition) is 4. The van der Waals surface area contributed by atoms with E-state index in [9.17, 15) is 18.8 Å². The standard InChI is InChI=1S/C26H25ClFN5O3/c1-26(25(36)30-12-16-5-7-19(28)8-6-16)14-32-15-31-21(22(32)24(35)33(26)20-9-10-20)23(34)29-13-17-3-2-4-18(27)11-17/h2-8,11,15,20H,9-10,12-14H2,1H3,(H,29,34)(H,30,36)/t26-/m1/s1. The maximum Gasteiger partial charge on any atom is 0.274 e. The fraction of sp³-hybridized carbons (Fsp3) is 0.308. The molecule has 3 aromatic rings. The summed E-state index contributed by atoms with van der Waals surface area (Å²) in [6.07, 6.45) is 3.01. The van der Waals surface area contributed by atoms with Crippen LogP contribution < -0.4 is 10.6 Å². The molecule has 5 rings (SSSR count). The summed E-state index contributed by atoms with van der Waals surface area (Å²) in [5.74, 6) is -1.54. The minimum atomic E-state index is -1.17. The van der Waals surface area contributed by atoms with Gasteiger partial charge in [-0.25, -0.2) is 9.37 Å². The third-order valence-electron chi connectivity index (χ3n) is 6.59. The summed E-state index contributed by atoms with van der Waals surface area (Å²) in [4.78, 5) is 45.8. The van der Waals surface area contributed by atoms with Gasteiger partial charge in [0.15, 0.2) is 5.69 Å². The first-order valence-corrected chi connectivity index (χ1v) is 12.1. The van der Waals surface area contributed by atoms with Gasteiger partial charge in [0.05, 0.1) is 12.9 Å². The van der Waals surface area contributed by atoms with Gasteiger partial charge in [-0.1, -0.05) is 35.9 Å². The van der Waals surface area contributed by atoms with Crippen LogP contribution in [0.5, 0.6) is 0 Å². The smallest absolute Gasteiger partial charge is 0.274 e. The summed E-state index contributed by atoms with van der Waals surface area (Å²) in [5, 5.41) is 6.24. The van der Waals surface area contributed by atoms with Crippen molar-refractivity contribution in [1.29, 1.82) is 0 Å². The number of carbonyl (C=O) groups is 3. The summed E-state index contributed by atoms with van der Waals surface area (Å²) in [6, 6.07) is 12.9. The Balaban J connectivity index is 1.35. The lowest BCUT2D eigenvalue weighted by atomic mass is 9.93. The van der Waals surface area contributed by atoms with E-state index in [2.05, 4.69) is 15.6 Å². The molecule has 0 bridgehead atoms. The van der Waals surface area contributed by atoms with E-state index in [1.165, 1.54) is 18.5 Å². The number of hydrogen-bond donors (Lipinski definition) is 2. The van der Waals surface area contributed by atoms with Gasteiger partial charge in [-0.2, -0.15) is 0 Å². The summed E-state index contributed by atoms with van der Waals surface area (Å²) in [6.45, 7) is 2.32. The number of benzene rings is 2. The van der Waals surface area contributed by atoms with Crippen molar-refractivity contribution in [2.45, 2.75) is 51.0 Å². The maximum atomic E-state index is 13.7. The molecule has 1 atom stereocenters. The Morgan fingerprint density at radius 1 is 1.11 bits per heavy atom. The Kier molecular flexibility index (Phi) is 6.26. The number of carbonyl (C=O) groups excluding carboxylic acids is 3. The monoisotopic (exact) mass is 509 g/mol. The van der Waals surface area contributed by atoms with Crippen molar-refractivity contribution in [2.75, 3.05) is 0 Å². The van der Waals surface area contributed by atoms with E-state index in [4.69, 9.17) is 11.6 Å². The number of rotatable bonds is 7. The molecule has 2 heterocycles. The van der Waals surface area contributed by atoms with Crippen LogP contribution in [0.3, 0.4) is 0 Å². The van der Waals surface area contributed by atoms with Gasteiger partial charge in [0.1, 0.15) is 17.1 Å². The molecule has 0 saturated heterocycles. The highest BCUT2D eigenvalue weighted by molar-refractivity contribution is 6.30. The molecule has 1 aliphatic heterocycles. The van der Waals surface area contributed by atoms with E-state index < -0.39 is 17.4 Å². The molecular formula is C26H25ClFN5O3. The van der Waals surface area contributed by atoms with Gasteiger partial charge >= 0.3 is 0 Å². The summed E-state index contributed by atoms with van der Waals surface area (Å²) < 4.78 is 14.8. The summed E-state index contributed by atoms with van der Waals surface area (Å²) in [5.41, 5.74) is 0.604. The number of nitrogens with one attached hydrogen (secondary N) is 2. The van der Waals surface area contributed by atoms with Crippen molar-refractivity contribution in [3.05, 3.63) is 88.2 Å². The molecule has 3 amide bonds. The predicted molar refractivity (Wildman–Crippen MR) is 131 cm³/mol. The fourth-order valence-corrected chi connectivity index (χ4v) is 4.82. The number of nitrogens with zero attached hydrogens (tertiary/aromatic N) is 3. The average molecular weight is 510 g/mol. The molecule has 2 aliphatic rings. The van der Waals surface area contributed by atoms with E-state index in [-0.39, 0.29) is 48.8 Å². The van der Waals surface area contributed by atoms with Gasteiger partial charge in [0, 0.05) is 24.2 Å². The first kappa shape index (κ1) is 24.0. The first-order chi connectivity index (χ1) is 17.3. The minimum absolute atomic E-state index is 0.0291. The molecule has 2 N–H and O–H groups in total. The Morgan fingerprint density at radius 2 is 1.83 bits per heavy atom. The van der Waals surface area contributed by atoms with Crippen LogP contribution in [0, 0.1) is 5.82 Å². The molecule has 0 spiro atoms. The molecule has 8 nitrogen and oxygen atoms in total. The maximum absolute atomic E-state index is 13.7. The number of imidazole rings is 1. The lowest BCUT2D eigenvalue weighted by Crippen LogP contribution is -2.64. The number of amides is 3. The van der Waals surface area contributed by atoms with E-state index >= 15 is 0 Å². The normalized spacial score (nSPS) is 19.1. The van der Waals surface area contributed by atoms with Crippen LogP contribution in [-0.4, -0.2) is 43.8 Å². The third-order valence-corrected chi connectivity index (χ3v) is 6.83. The van der Waals surface area contributed by atoms with Crippen LogP contribution in [0.1, 0.15) is 51.9 Å². The van der Waals surface area contributed by atoms with Crippen molar-refractivity contribution in [3.8, 4) is 0 Å². The number of fused-ring (bicyclic) bond motifs is 1. The van der Waals surface area contributed by atoms with Gasteiger partial charge in [0.25, 0.3) is 11.8 Å². The molecule has 1 aromatic heterocycles. The van der Waals surface area contributed by atoms with Crippen molar-refractivity contribution < 1.29 is 18.8 Å². The van der Waals surface area contributed by atoms with Crippen molar-refractivity contribution in [3.63, 3.8) is 0 Å². The zero-order chi connectivity index (χ0) is 25.4. The van der Waals surface area contributed by atoms with Gasteiger partial charge in [-0.15, -0.1) is 0 Å². The molecular weight excluding hydrogens is 485 g/mol. The van der Waals surface area contributed by atoms with E-state index in [0.717, 1.165) is 24.0 Å². The molecule has 1 aliphatic carbocycles. The summed E-state index contributed by atoms with van der Waals surface area (Å²) >= 11 is 6.01. The summed E-state index contributed by atoms with van der Waals surface area (Å²) in [7, 11) is 0. The molecule has 1 saturated carbocycles. The number of aromatic nitrogens is 2. The fourth-order valence-electron chi connectivity index (χ4n) is 4.61. The van der Waals surface area contributed by atoms with Crippen molar-refractivity contribution in [1.82, 2.24) is 25.1 Å². The minimum Gasteiger partial charge on any atom is -0.350 e. The van der Waals surface area contributed by atoms with Crippen LogP contribution in [-0.2, 0) is 24.4 Å². The molecule has 10 heteroatoms. The molecule has 2 aromatic carbocycles. The van der Waals surface area contributed by atoms with Crippen LogP contribution in [0.2, 0.25) is 5.02 Å². The Labute approximate surface area is 212 Å². The molecule has 186 valence electrons. The molecule has 0 unspecified atom stereocenters. The SMILES string of the molecule is C[C@]1(C(=O)NCc2ccc(F)cc2)Cn2cnc(C(=O)NCc3cccc(Cl)c3)c2C(=O)N1C1CC1. The molecule has 1 fully saturated rings. The van der Waals surface area contributed by atoms with Gasteiger partial charge in [-0.3, -0.25) is 14.4 Å². The van der Waals surface area contributed by atoms with Gasteiger partial charge < -0.3 is 20.1 Å². The first-order valence-electron chi connectivity index (χ1n) is 11.7. The third kappa shape index (κ3) is 4.58. The quantitative estimate of drug-likeness (QED) is 0.511. The lowest BCUT2D eigenvalue weighted by molar-refractivity contribution is -0.133. The second-order valence-corrected chi connectivity index (χ2v) is 9.81. The highest BCUT2D eigenvalue weighted by Gasteiger charge is 2.53. The zero-order valence-electron chi connectivity index (χ0n) is 19.6. The van der Waals surface area contributed by atoms with Gasteiger partial charge in [-0.05, 0) is 55.2 Å². The number of halogens is 2. The van der Waals surface area contributed by atoms with E-state index in [0.29, 0.717) is 5.02 Å². The second-order valence-electron chi connectivity index (χ2n) is 9.37. The Hall–Kier alpha value is -3.72. The van der Waals surface area contributed by atoms with Crippen molar-refractivity contribution in [2.24, 2.45) is 0 Å². The van der Waals surface area contributed by atoms with Crippen LogP contribution in [0.4, 0.5) is 4.39 Å². The lowest BCUT2D eigenvalue weighted by Gasteiger charge is -2.44. The second kappa shape index (κ2) is 9.39. The topological polar surface area (TPSA) is 96.3 Å². The predicted octanol–water partition coefficient (Wildman–Crippen LogP) is 3.30. The zero-order valence-corrected chi connectivity index (χ0v) is 20.4. The largest absolute Gasteiger partial charge is 0.350 e. The van der Waals surface area contributed by atoms with Crippen LogP contribution in [0.25, 0.3) is 0 Å². The molecule has 36 heavy (non-hydrogen) atoms. The highest BCUT2D eigenvalue weighted by Crippen LogP contribution is 2.38. The van der Waals surface area contributed by atoms with Crippen LogP contribution >= 0.6 is 11.6 Å². The highest BCUT2D eigenvalue weighted by atomic mass is 35.5. The Bertz CT molecular complexity index is 1340. The van der Waals surface area contributed by atoms with Gasteiger partial charge in [0.2, 0.25) is 5.91 Å².